The van der Waals surface area contributed by atoms with Gasteiger partial charge in [-0.3, -0.25) is 9.59 Å². The fourth-order valence-electron chi connectivity index (χ4n) is 7.53. The summed E-state index contributed by atoms with van der Waals surface area (Å²) in [6, 6.07) is 33.0. The van der Waals surface area contributed by atoms with Gasteiger partial charge in [0.25, 0.3) is 0 Å². The topological polar surface area (TPSA) is 59.9 Å². The van der Waals surface area contributed by atoms with Crippen LogP contribution < -0.4 is 0 Å². The summed E-state index contributed by atoms with van der Waals surface area (Å²) in [4.78, 5) is 32.7. The molecular weight excluding hydrogens is 889 g/mol. The van der Waals surface area contributed by atoms with Gasteiger partial charge in [-0.2, -0.15) is 0 Å². The Labute approximate surface area is 363 Å². The Hall–Kier alpha value is -4.31. The number of carbonyl (C=O) groups excluding carboxylic acids is 2. The smallest absolute Gasteiger partial charge is 0.143 e. The van der Waals surface area contributed by atoms with Gasteiger partial charge in [-0.25, -0.2) is 0 Å². The standard InChI is InChI=1S/2C20H20N.C13H24O2.Ir/c2*1-13(2)16-5-6-19-17(12-16)7-8-21-20(19)18-10-14(3)9-15(4)11-18;1-5-10(6-2)12(14)9-13(15)11(7-3)8-4;/h2*5-10,12-13H,1-4H3;10-11H,5-9H2,1-4H3;/q2*-1;;. The largest absolute Gasteiger partial charge is 0.304 e. The van der Waals surface area contributed by atoms with E-state index < -0.39 is 0 Å². The summed E-state index contributed by atoms with van der Waals surface area (Å²) in [6.07, 6.45) is 7.35. The van der Waals surface area contributed by atoms with Crippen LogP contribution in [-0.4, -0.2) is 21.5 Å². The molecule has 0 saturated heterocycles. The molecular formula is C53H64IrN2O2-2. The molecule has 1 radical (unpaired) electrons. The van der Waals surface area contributed by atoms with Crippen LogP contribution in [0.25, 0.3) is 44.1 Å². The van der Waals surface area contributed by atoms with Crippen molar-refractivity contribution in [2.45, 2.75) is 127 Å². The number of rotatable bonds is 12. The molecule has 0 aliphatic carbocycles. The molecule has 0 amide bonds. The van der Waals surface area contributed by atoms with Crippen molar-refractivity contribution in [1.82, 2.24) is 9.97 Å². The molecule has 6 rings (SSSR count). The molecule has 0 N–H and O–H groups in total. The number of benzene rings is 4. The van der Waals surface area contributed by atoms with Crippen LogP contribution in [0.3, 0.4) is 0 Å². The maximum atomic E-state index is 11.7. The number of aryl methyl sites for hydroxylation is 4. The Morgan fingerprint density at radius 2 is 0.897 bits per heavy atom. The molecule has 58 heavy (non-hydrogen) atoms. The minimum atomic E-state index is 0. The Morgan fingerprint density at radius 3 is 1.21 bits per heavy atom. The van der Waals surface area contributed by atoms with Crippen LogP contribution in [0, 0.1) is 51.7 Å². The van der Waals surface area contributed by atoms with Crippen molar-refractivity contribution in [3.63, 3.8) is 0 Å². The van der Waals surface area contributed by atoms with E-state index in [0.717, 1.165) is 59.3 Å². The number of Topliss-reactive ketones (excluding diaryl/α,β-unsaturated/α-hetero) is 2. The molecule has 309 valence electrons. The first-order chi connectivity index (χ1) is 27.2. The molecule has 0 aliphatic rings. The maximum Gasteiger partial charge on any atom is 0.143 e. The molecule has 6 aromatic rings. The molecule has 0 fully saturated rings. The van der Waals surface area contributed by atoms with Crippen LogP contribution in [0.15, 0.2) is 85.2 Å². The van der Waals surface area contributed by atoms with Crippen molar-refractivity contribution in [3.8, 4) is 22.5 Å². The maximum absolute atomic E-state index is 11.7. The van der Waals surface area contributed by atoms with Crippen molar-refractivity contribution >= 4 is 33.1 Å². The minimum absolute atomic E-state index is 0. The zero-order chi connectivity index (χ0) is 41.8. The Bertz CT molecular complexity index is 2080. The van der Waals surface area contributed by atoms with Gasteiger partial charge in [0.15, 0.2) is 0 Å². The minimum Gasteiger partial charge on any atom is -0.304 e. The Morgan fingerprint density at radius 1 is 0.534 bits per heavy atom. The van der Waals surface area contributed by atoms with E-state index in [1.807, 2.05) is 40.1 Å². The van der Waals surface area contributed by atoms with E-state index in [2.05, 4.69) is 150 Å². The first-order valence-corrected chi connectivity index (χ1v) is 21.0. The average molecular weight is 953 g/mol. The summed E-state index contributed by atoms with van der Waals surface area (Å²) < 4.78 is 0. The van der Waals surface area contributed by atoms with Crippen LogP contribution in [0.2, 0.25) is 0 Å². The average Bonchev–Trinajstić information content (AvgIpc) is 3.17. The van der Waals surface area contributed by atoms with E-state index in [1.54, 1.807) is 0 Å². The van der Waals surface area contributed by atoms with Crippen LogP contribution in [0.5, 0.6) is 0 Å². The van der Waals surface area contributed by atoms with E-state index >= 15 is 0 Å². The third-order valence-electron chi connectivity index (χ3n) is 10.9. The van der Waals surface area contributed by atoms with E-state index in [4.69, 9.17) is 0 Å². The predicted molar refractivity (Wildman–Crippen MR) is 242 cm³/mol. The monoisotopic (exact) mass is 953 g/mol. The zero-order valence-corrected chi connectivity index (χ0v) is 39.4. The summed E-state index contributed by atoms with van der Waals surface area (Å²) >= 11 is 0. The predicted octanol–water partition coefficient (Wildman–Crippen LogP) is 14.3. The second kappa shape index (κ2) is 22.7. The molecule has 2 aromatic heterocycles. The van der Waals surface area contributed by atoms with Gasteiger partial charge in [-0.15, -0.1) is 69.8 Å². The van der Waals surface area contributed by atoms with Gasteiger partial charge in [0.2, 0.25) is 0 Å². The van der Waals surface area contributed by atoms with Gasteiger partial charge >= 0.3 is 0 Å². The second-order valence-electron chi connectivity index (χ2n) is 16.2. The molecule has 2 heterocycles. The summed E-state index contributed by atoms with van der Waals surface area (Å²) in [5, 5.41) is 4.89. The van der Waals surface area contributed by atoms with Gasteiger partial charge in [-0.1, -0.05) is 119 Å². The first-order valence-electron chi connectivity index (χ1n) is 21.0. The van der Waals surface area contributed by atoms with Crippen LogP contribution in [0.1, 0.15) is 133 Å². The number of pyridine rings is 2. The summed E-state index contributed by atoms with van der Waals surface area (Å²) in [5.74, 6) is 1.53. The van der Waals surface area contributed by atoms with Gasteiger partial charge < -0.3 is 9.97 Å². The molecule has 4 nitrogen and oxygen atoms in total. The van der Waals surface area contributed by atoms with Gasteiger partial charge in [0.05, 0.1) is 6.42 Å². The van der Waals surface area contributed by atoms with E-state index in [9.17, 15) is 9.59 Å². The summed E-state index contributed by atoms with van der Waals surface area (Å²) in [7, 11) is 0. The molecule has 0 aliphatic heterocycles. The van der Waals surface area contributed by atoms with Crippen LogP contribution in [-0.2, 0) is 29.7 Å². The van der Waals surface area contributed by atoms with Crippen molar-refractivity contribution in [1.29, 1.82) is 0 Å². The Kier molecular flexibility index (Phi) is 18.8. The molecule has 0 spiro atoms. The van der Waals surface area contributed by atoms with Gasteiger partial charge in [0, 0.05) is 44.3 Å². The number of fused-ring (bicyclic) bond motifs is 2. The number of ketones is 2. The molecule has 0 atom stereocenters. The number of aromatic nitrogens is 2. The number of hydrogen-bond donors (Lipinski definition) is 0. The second-order valence-corrected chi connectivity index (χ2v) is 16.2. The van der Waals surface area contributed by atoms with Crippen molar-refractivity contribution in [3.05, 3.63) is 131 Å². The zero-order valence-electron chi connectivity index (χ0n) is 37.0. The SMILES string of the molecule is CCC(CC)C(=O)CC(=O)C(CC)CC.Cc1[c-]c(-c2nccc3cc(C(C)C)ccc23)cc(C)c1.Cc1[c-]c(-c2nccc3cc(C(C)C)ccc23)cc(C)c1.[Ir]. The van der Waals surface area contributed by atoms with Gasteiger partial charge in [-0.05, 0) is 93.7 Å². The van der Waals surface area contributed by atoms with Gasteiger partial charge in [0.1, 0.15) is 11.6 Å². The number of hydrogen-bond acceptors (Lipinski definition) is 4. The molecule has 0 saturated carbocycles. The molecule has 0 bridgehead atoms. The third-order valence-corrected chi connectivity index (χ3v) is 10.9. The third kappa shape index (κ3) is 12.8. The van der Waals surface area contributed by atoms with Crippen molar-refractivity contribution in [2.24, 2.45) is 11.8 Å². The number of carbonyl (C=O) groups is 2. The van der Waals surface area contributed by atoms with Crippen LogP contribution in [0.4, 0.5) is 0 Å². The molecule has 5 heteroatoms. The van der Waals surface area contributed by atoms with E-state index in [1.165, 1.54) is 43.8 Å². The summed E-state index contributed by atoms with van der Waals surface area (Å²) in [5.41, 5.74) is 11.7. The van der Waals surface area contributed by atoms with Crippen LogP contribution >= 0.6 is 0 Å². The summed E-state index contributed by atoms with van der Waals surface area (Å²) in [6.45, 7) is 25.3. The number of nitrogens with zero attached hydrogens (tertiary/aromatic N) is 2. The first kappa shape index (κ1) is 48.1. The fourth-order valence-corrected chi connectivity index (χ4v) is 7.53. The van der Waals surface area contributed by atoms with E-state index in [-0.39, 0.29) is 49.9 Å². The molecule has 0 unspecified atom stereocenters. The Balaban J connectivity index is 0.000000235. The van der Waals surface area contributed by atoms with Crippen molar-refractivity contribution in [2.75, 3.05) is 0 Å². The fraction of sp³-hybridized carbons (Fsp3) is 0.396. The normalized spacial score (nSPS) is 11.0. The van der Waals surface area contributed by atoms with Crippen molar-refractivity contribution < 1.29 is 29.7 Å². The van der Waals surface area contributed by atoms with E-state index in [0.29, 0.717) is 11.8 Å². The molecule has 4 aromatic carbocycles. The quantitative estimate of drug-likeness (QED) is 0.0906.